The quantitative estimate of drug-likeness (QED) is 0.909. The van der Waals surface area contributed by atoms with E-state index in [1.54, 1.807) is 0 Å². The van der Waals surface area contributed by atoms with Gasteiger partial charge in [-0.1, -0.05) is 29.8 Å². The van der Waals surface area contributed by atoms with Crippen molar-refractivity contribution < 1.29 is 0 Å². The number of benzene rings is 1. The van der Waals surface area contributed by atoms with Crippen LogP contribution in [0.1, 0.15) is 17.7 Å². The lowest BCUT2D eigenvalue weighted by molar-refractivity contribution is 0.315. The van der Waals surface area contributed by atoms with Gasteiger partial charge in [-0.3, -0.25) is 4.90 Å². The number of piperidine rings is 1. The van der Waals surface area contributed by atoms with E-state index < -0.39 is 0 Å². The second-order valence-corrected chi connectivity index (χ2v) is 7.51. The van der Waals surface area contributed by atoms with E-state index in [0.29, 0.717) is 6.04 Å². The molecule has 2 nitrogen and oxygen atoms in total. The number of rotatable bonds is 2. The summed E-state index contributed by atoms with van der Waals surface area (Å²) < 4.78 is 1.31. The van der Waals surface area contributed by atoms with E-state index in [1.807, 2.05) is 11.3 Å². The van der Waals surface area contributed by atoms with Crippen LogP contribution >= 0.6 is 22.9 Å². The normalized spacial score (nSPS) is 27.1. The van der Waals surface area contributed by atoms with Gasteiger partial charge in [-0.25, -0.2) is 0 Å². The number of hydrogen-bond acceptors (Lipinski definition) is 3. The van der Waals surface area contributed by atoms with E-state index in [0.717, 1.165) is 17.5 Å². The molecule has 0 radical (unpaired) electrons. The number of fused-ring (bicyclic) bond motifs is 2. The van der Waals surface area contributed by atoms with Gasteiger partial charge in [0.15, 0.2) is 0 Å². The number of halogens is 1. The highest BCUT2D eigenvalue weighted by atomic mass is 35.5. The predicted molar refractivity (Wildman–Crippen MR) is 86.6 cm³/mol. The molecule has 2 saturated heterocycles. The maximum atomic E-state index is 6.56. The zero-order valence-corrected chi connectivity index (χ0v) is 13.0. The van der Waals surface area contributed by atoms with Crippen molar-refractivity contribution in [1.29, 1.82) is 0 Å². The van der Waals surface area contributed by atoms with Crippen LogP contribution in [0.25, 0.3) is 10.1 Å². The van der Waals surface area contributed by atoms with E-state index in [-0.39, 0.29) is 0 Å². The highest BCUT2D eigenvalue weighted by Gasteiger charge is 2.34. The Hall–Kier alpha value is -0.610. The van der Waals surface area contributed by atoms with Gasteiger partial charge in [-0.05, 0) is 31.4 Å². The van der Waals surface area contributed by atoms with Crippen LogP contribution in [0, 0.1) is 5.92 Å². The SMILES string of the molecule is Clc1c(CN2C[C@@H]3CCCN[C@@H]3C2)sc2ccccc12. The Labute approximate surface area is 128 Å². The van der Waals surface area contributed by atoms with Gasteiger partial charge >= 0.3 is 0 Å². The first-order chi connectivity index (χ1) is 9.81. The van der Waals surface area contributed by atoms with Gasteiger partial charge in [0.25, 0.3) is 0 Å². The van der Waals surface area contributed by atoms with Gasteiger partial charge in [0.2, 0.25) is 0 Å². The summed E-state index contributed by atoms with van der Waals surface area (Å²) in [6.45, 7) is 4.60. The number of nitrogens with one attached hydrogen (secondary N) is 1. The van der Waals surface area contributed by atoms with Crippen LogP contribution in [0.2, 0.25) is 5.02 Å². The Morgan fingerprint density at radius 1 is 1.30 bits per heavy atom. The number of thiophene rings is 1. The molecule has 0 amide bonds. The minimum absolute atomic E-state index is 0.705. The molecule has 1 aromatic carbocycles. The summed E-state index contributed by atoms with van der Waals surface area (Å²) in [6, 6.07) is 9.16. The van der Waals surface area contributed by atoms with Crippen molar-refractivity contribution >= 4 is 33.0 Å². The monoisotopic (exact) mass is 306 g/mol. The number of likely N-dealkylation sites (tertiary alicyclic amines) is 1. The zero-order valence-electron chi connectivity index (χ0n) is 11.4. The molecule has 0 spiro atoms. The molecular formula is C16H19ClN2S. The Kier molecular flexibility index (Phi) is 3.47. The van der Waals surface area contributed by atoms with Crippen molar-refractivity contribution in [2.45, 2.75) is 25.4 Å². The van der Waals surface area contributed by atoms with Crippen molar-refractivity contribution in [2.75, 3.05) is 19.6 Å². The molecule has 1 aromatic heterocycles. The molecule has 2 aliphatic rings. The standard InChI is InChI=1S/C16H19ClN2S/c17-16-12-5-1-2-6-14(12)20-15(16)10-19-8-11-4-3-7-18-13(11)9-19/h1-2,5-6,11,13,18H,3-4,7-10H2/t11-,13+/m0/s1. The molecule has 3 heterocycles. The lowest BCUT2D eigenvalue weighted by Gasteiger charge is -2.24. The molecule has 106 valence electrons. The first-order valence-electron chi connectivity index (χ1n) is 7.43. The Morgan fingerprint density at radius 2 is 2.20 bits per heavy atom. The van der Waals surface area contributed by atoms with E-state index >= 15 is 0 Å². The van der Waals surface area contributed by atoms with Crippen molar-refractivity contribution in [3.05, 3.63) is 34.2 Å². The van der Waals surface area contributed by atoms with Gasteiger partial charge < -0.3 is 5.32 Å². The number of hydrogen-bond donors (Lipinski definition) is 1. The van der Waals surface area contributed by atoms with Gasteiger partial charge in [0.1, 0.15) is 0 Å². The summed E-state index contributed by atoms with van der Waals surface area (Å²) in [5.41, 5.74) is 0. The van der Waals surface area contributed by atoms with Crippen molar-refractivity contribution in [2.24, 2.45) is 5.92 Å². The third-order valence-corrected chi connectivity index (χ3v) is 6.34. The second-order valence-electron chi connectivity index (χ2n) is 5.99. The molecule has 20 heavy (non-hydrogen) atoms. The zero-order chi connectivity index (χ0) is 13.5. The van der Waals surface area contributed by atoms with Crippen LogP contribution in [-0.2, 0) is 6.54 Å². The molecule has 0 saturated carbocycles. The second kappa shape index (κ2) is 5.30. The summed E-state index contributed by atoms with van der Waals surface area (Å²) >= 11 is 8.41. The molecule has 2 fully saturated rings. The van der Waals surface area contributed by atoms with Crippen LogP contribution in [0.4, 0.5) is 0 Å². The lowest BCUT2D eigenvalue weighted by Crippen LogP contribution is -2.40. The van der Waals surface area contributed by atoms with Crippen LogP contribution in [-0.4, -0.2) is 30.6 Å². The van der Waals surface area contributed by atoms with Crippen LogP contribution < -0.4 is 5.32 Å². The fraction of sp³-hybridized carbons (Fsp3) is 0.500. The van der Waals surface area contributed by atoms with Gasteiger partial charge in [-0.2, -0.15) is 0 Å². The third-order valence-electron chi connectivity index (χ3n) is 4.64. The summed E-state index contributed by atoms with van der Waals surface area (Å²) in [4.78, 5) is 3.90. The average molecular weight is 307 g/mol. The molecule has 0 unspecified atom stereocenters. The largest absolute Gasteiger partial charge is 0.312 e. The molecule has 2 aromatic rings. The van der Waals surface area contributed by atoms with E-state index in [9.17, 15) is 0 Å². The van der Waals surface area contributed by atoms with Crippen LogP contribution in [0.15, 0.2) is 24.3 Å². The number of nitrogens with zero attached hydrogens (tertiary/aromatic N) is 1. The summed E-state index contributed by atoms with van der Waals surface area (Å²) in [7, 11) is 0. The summed E-state index contributed by atoms with van der Waals surface area (Å²) in [5, 5.41) is 5.84. The predicted octanol–water partition coefficient (Wildman–Crippen LogP) is 3.74. The molecular weight excluding hydrogens is 288 g/mol. The molecule has 0 aliphatic carbocycles. The summed E-state index contributed by atoms with van der Waals surface area (Å²) in [6.07, 6.45) is 2.72. The van der Waals surface area contributed by atoms with E-state index in [4.69, 9.17) is 11.6 Å². The smallest absolute Gasteiger partial charge is 0.0637 e. The van der Waals surface area contributed by atoms with E-state index in [1.165, 1.54) is 47.4 Å². The minimum Gasteiger partial charge on any atom is -0.312 e. The molecule has 2 atom stereocenters. The Bertz CT molecular complexity index is 610. The highest BCUT2D eigenvalue weighted by molar-refractivity contribution is 7.19. The maximum Gasteiger partial charge on any atom is 0.0637 e. The fourth-order valence-corrected chi connectivity index (χ4v) is 5.17. The van der Waals surface area contributed by atoms with Crippen molar-refractivity contribution in [1.82, 2.24) is 10.2 Å². The Morgan fingerprint density at radius 3 is 3.05 bits per heavy atom. The van der Waals surface area contributed by atoms with E-state index in [2.05, 4.69) is 34.5 Å². The average Bonchev–Trinajstić information content (AvgIpc) is 3.01. The molecule has 4 rings (SSSR count). The van der Waals surface area contributed by atoms with Gasteiger partial charge in [0.05, 0.1) is 5.02 Å². The van der Waals surface area contributed by atoms with Crippen molar-refractivity contribution in [3.63, 3.8) is 0 Å². The van der Waals surface area contributed by atoms with Gasteiger partial charge in [-0.15, -0.1) is 11.3 Å². The fourth-order valence-electron chi connectivity index (χ4n) is 3.63. The molecule has 2 aliphatic heterocycles. The minimum atomic E-state index is 0.705. The first kappa shape index (κ1) is 13.1. The highest BCUT2D eigenvalue weighted by Crippen LogP contribution is 2.37. The van der Waals surface area contributed by atoms with Gasteiger partial charge in [0, 0.05) is 40.6 Å². The summed E-state index contributed by atoms with van der Waals surface area (Å²) in [5.74, 6) is 0.844. The third kappa shape index (κ3) is 2.27. The lowest BCUT2D eigenvalue weighted by atomic mass is 9.94. The topological polar surface area (TPSA) is 15.3 Å². The molecule has 1 N–H and O–H groups in total. The first-order valence-corrected chi connectivity index (χ1v) is 8.62. The van der Waals surface area contributed by atoms with Crippen LogP contribution in [0.3, 0.4) is 0 Å². The van der Waals surface area contributed by atoms with Crippen molar-refractivity contribution in [3.8, 4) is 0 Å². The van der Waals surface area contributed by atoms with Crippen LogP contribution in [0.5, 0.6) is 0 Å². The Balaban J connectivity index is 1.54. The molecule has 4 heteroatoms. The maximum absolute atomic E-state index is 6.56. The molecule has 0 bridgehead atoms.